The first-order chi connectivity index (χ1) is 9.90. The molecule has 6 heteroatoms. The van der Waals surface area contributed by atoms with Gasteiger partial charge in [0.25, 0.3) is 0 Å². The minimum absolute atomic E-state index is 0.139. The second-order valence-electron chi connectivity index (χ2n) is 4.98. The number of aromatic nitrogens is 1. The Morgan fingerprint density at radius 2 is 1.76 bits per heavy atom. The highest BCUT2D eigenvalue weighted by Crippen LogP contribution is 2.22. The average Bonchev–Trinajstić information content (AvgIpc) is 2.43. The number of nitrogen functional groups attached to an aromatic ring is 1. The molecule has 1 heterocycles. The molecule has 0 aliphatic rings. The summed E-state index contributed by atoms with van der Waals surface area (Å²) in [6, 6.07) is 7.02. The number of hydrogen-bond acceptors (Lipinski definition) is 4. The van der Waals surface area contributed by atoms with E-state index in [2.05, 4.69) is 9.71 Å². The SMILES string of the molecule is Cc1cc(N)c(S(=O)(=O)NCCc2ccncc2)cc1C. The van der Waals surface area contributed by atoms with Crippen LogP contribution in [0, 0.1) is 13.8 Å². The highest BCUT2D eigenvalue weighted by atomic mass is 32.2. The van der Waals surface area contributed by atoms with Crippen molar-refractivity contribution < 1.29 is 8.42 Å². The van der Waals surface area contributed by atoms with Crippen LogP contribution in [0.1, 0.15) is 16.7 Å². The zero-order chi connectivity index (χ0) is 15.5. The van der Waals surface area contributed by atoms with Gasteiger partial charge in [-0.1, -0.05) is 0 Å². The number of rotatable bonds is 5. The number of sulfonamides is 1. The van der Waals surface area contributed by atoms with Crippen molar-refractivity contribution in [2.24, 2.45) is 0 Å². The van der Waals surface area contributed by atoms with Gasteiger partial charge in [-0.2, -0.15) is 0 Å². The van der Waals surface area contributed by atoms with E-state index in [0.29, 0.717) is 13.0 Å². The maximum atomic E-state index is 12.3. The van der Waals surface area contributed by atoms with Gasteiger partial charge in [0.15, 0.2) is 0 Å². The minimum atomic E-state index is -3.59. The summed E-state index contributed by atoms with van der Waals surface area (Å²) in [5.41, 5.74) is 9.01. The van der Waals surface area contributed by atoms with Crippen molar-refractivity contribution in [3.63, 3.8) is 0 Å². The maximum Gasteiger partial charge on any atom is 0.242 e. The van der Waals surface area contributed by atoms with Crippen molar-refractivity contribution in [1.82, 2.24) is 9.71 Å². The fourth-order valence-corrected chi connectivity index (χ4v) is 3.23. The lowest BCUT2D eigenvalue weighted by atomic mass is 10.1. The molecule has 5 nitrogen and oxygen atoms in total. The molecule has 0 saturated carbocycles. The molecule has 0 saturated heterocycles. The third kappa shape index (κ3) is 3.80. The summed E-state index contributed by atoms with van der Waals surface area (Å²) >= 11 is 0. The van der Waals surface area contributed by atoms with E-state index < -0.39 is 10.0 Å². The first-order valence-corrected chi connectivity index (χ1v) is 8.14. The summed E-state index contributed by atoms with van der Waals surface area (Å²) in [4.78, 5) is 4.06. The minimum Gasteiger partial charge on any atom is -0.398 e. The molecular formula is C15H19N3O2S. The molecule has 0 spiro atoms. The number of pyridine rings is 1. The lowest BCUT2D eigenvalue weighted by Gasteiger charge is -2.11. The van der Waals surface area contributed by atoms with Crippen molar-refractivity contribution >= 4 is 15.7 Å². The molecule has 3 N–H and O–H groups in total. The Labute approximate surface area is 125 Å². The second kappa shape index (κ2) is 6.24. The highest BCUT2D eigenvalue weighted by molar-refractivity contribution is 7.89. The number of nitrogens with zero attached hydrogens (tertiary/aromatic N) is 1. The Kier molecular flexibility index (Phi) is 4.59. The van der Waals surface area contributed by atoms with E-state index in [4.69, 9.17) is 5.73 Å². The predicted octanol–water partition coefficient (Wildman–Crippen LogP) is 1.80. The molecule has 1 aromatic carbocycles. The van der Waals surface area contributed by atoms with Crippen LogP contribution < -0.4 is 10.5 Å². The maximum absolute atomic E-state index is 12.3. The van der Waals surface area contributed by atoms with Crippen molar-refractivity contribution in [2.45, 2.75) is 25.2 Å². The number of nitrogens with one attached hydrogen (secondary N) is 1. The smallest absolute Gasteiger partial charge is 0.242 e. The largest absolute Gasteiger partial charge is 0.398 e. The number of anilines is 1. The summed E-state index contributed by atoms with van der Waals surface area (Å²) in [6.45, 7) is 4.09. The monoisotopic (exact) mass is 305 g/mol. The van der Waals surface area contributed by atoms with Gasteiger partial charge >= 0.3 is 0 Å². The summed E-state index contributed by atoms with van der Waals surface area (Å²) in [7, 11) is -3.59. The van der Waals surface area contributed by atoms with E-state index in [1.807, 2.05) is 26.0 Å². The first-order valence-electron chi connectivity index (χ1n) is 6.65. The van der Waals surface area contributed by atoms with Crippen molar-refractivity contribution in [2.75, 3.05) is 12.3 Å². The quantitative estimate of drug-likeness (QED) is 0.825. The topological polar surface area (TPSA) is 85.1 Å². The summed E-state index contributed by atoms with van der Waals surface area (Å²) < 4.78 is 27.2. The van der Waals surface area contributed by atoms with E-state index >= 15 is 0 Å². The van der Waals surface area contributed by atoms with Gasteiger partial charge in [0.05, 0.1) is 5.69 Å². The molecular weight excluding hydrogens is 286 g/mol. The lowest BCUT2D eigenvalue weighted by Crippen LogP contribution is -2.27. The Balaban J connectivity index is 2.10. The fraction of sp³-hybridized carbons (Fsp3) is 0.267. The van der Waals surface area contributed by atoms with Gasteiger partial charge in [0.2, 0.25) is 10.0 Å². The summed E-state index contributed by atoms with van der Waals surface area (Å²) in [5.74, 6) is 0. The number of benzene rings is 1. The van der Waals surface area contributed by atoms with Crippen molar-refractivity contribution in [3.05, 3.63) is 53.3 Å². The van der Waals surface area contributed by atoms with Crippen molar-refractivity contribution in [3.8, 4) is 0 Å². The van der Waals surface area contributed by atoms with Crippen LogP contribution in [0.25, 0.3) is 0 Å². The number of nitrogens with two attached hydrogens (primary N) is 1. The zero-order valence-corrected chi connectivity index (χ0v) is 12.9. The molecule has 1 aromatic heterocycles. The van der Waals surface area contributed by atoms with Gasteiger partial charge < -0.3 is 5.73 Å². The molecule has 0 radical (unpaired) electrons. The van der Waals surface area contributed by atoms with Gasteiger partial charge in [-0.3, -0.25) is 4.98 Å². The second-order valence-corrected chi connectivity index (χ2v) is 6.71. The zero-order valence-electron chi connectivity index (χ0n) is 12.1. The standard InChI is InChI=1S/C15H19N3O2S/c1-11-9-14(16)15(10-12(11)2)21(19,20)18-8-5-13-3-6-17-7-4-13/h3-4,6-7,9-10,18H,5,8,16H2,1-2H3. The fourth-order valence-electron chi connectivity index (χ4n) is 2.00. The Hall–Kier alpha value is -1.92. The van der Waals surface area contributed by atoms with E-state index in [0.717, 1.165) is 16.7 Å². The highest BCUT2D eigenvalue weighted by Gasteiger charge is 2.17. The van der Waals surface area contributed by atoms with E-state index in [9.17, 15) is 8.42 Å². The average molecular weight is 305 g/mol. The third-order valence-corrected chi connectivity index (χ3v) is 4.89. The van der Waals surface area contributed by atoms with Crippen LogP contribution in [-0.2, 0) is 16.4 Å². The number of aryl methyl sites for hydroxylation is 2. The van der Waals surface area contributed by atoms with Gasteiger partial charge in [0, 0.05) is 18.9 Å². The molecule has 0 fully saturated rings. The van der Waals surface area contributed by atoms with Crippen LogP contribution >= 0.6 is 0 Å². The molecule has 0 aliphatic heterocycles. The third-order valence-electron chi connectivity index (χ3n) is 3.37. The van der Waals surface area contributed by atoms with Crippen LogP contribution in [0.15, 0.2) is 41.6 Å². The van der Waals surface area contributed by atoms with Crippen LogP contribution in [-0.4, -0.2) is 19.9 Å². The van der Waals surface area contributed by atoms with Crippen LogP contribution in [0.3, 0.4) is 0 Å². The first kappa shape index (κ1) is 15.5. The predicted molar refractivity (Wildman–Crippen MR) is 83.5 cm³/mol. The van der Waals surface area contributed by atoms with Gasteiger partial charge in [-0.15, -0.1) is 0 Å². The lowest BCUT2D eigenvalue weighted by molar-refractivity contribution is 0.582. The summed E-state index contributed by atoms with van der Waals surface area (Å²) in [6.07, 6.45) is 3.98. The van der Waals surface area contributed by atoms with Gasteiger partial charge in [-0.05, 0) is 61.2 Å². The van der Waals surface area contributed by atoms with E-state index in [1.54, 1.807) is 24.5 Å². The molecule has 2 rings (SSSR count). The van der Waals surface area contributed by atoms with Crippen LogP contribution in [0.2, 0.25) is 0 Å². The van der Waals surface area contributed by atoms with Gasteiger partial charge in [0.1, 0.15) is 4.90 Å². The van der Waals surface area contributed by atoms with E-state index in [-0.39, 0.29) is 10.6 Å². The normalized spacial score (nSPS) is 11.5. The van der Waals surface area contributed by atoms with Gasteiger partial charge in [-0.25, -0.2) is 13.1 Å². The Bertz CT molecular complexity index is 728. The summed E-state index contributed by atoms with van der Waals surface area (Å²) in [5, 5.41) is 0. The molecule has 112 valence electrons. The van der Waals surface area contributed by atoms with Crippen LogP contribution in [0.5, 0.6) is 0 Å². The molecule has 0 unspecified atom stereocenters. The van der Waals surface area contributed by atoms with E-state index in [1.165, 1.54) is 0 Å². The Morgan fingerprint density at radius 1 is 1.14 bits per heavy atom. The molecule has 21 heavy (non-hydrogen) atoms. The molecule has 0 amide bonds. The molecule has 0 aliphatic carbocycles. The molecule has 0 atom stereocenters. The molecule has 2 aromatic rings. The number of hydrogen-bond donors (Lipinski definition) is 2. The van der Waals surface area contributed by atoms with Crippen LogP contribution in [0.4, 0.5) is 5.69 Å². The van der Waals surface area contributed by atoms with Crippen molar-refractivity contribution in [1.29, 1.82) is 0 Å². The molecule has 0 bridgehead atoms. The Morgan fingerprint density at radius 3 is 2.43 bits per heavy atom.